The van der Waals surface area contributed by atoms with Crippen LogP contribution in [0.1, 0.15) is 50.9 Å². The number of aliphatic carboxylic acids is 1. The molecule has 0 aromatic heterocycles. The quantitative estimate of drug-likeness (QED) is 0.382. The first kappa shape index (κ1) is 30.2. The number of hydrogen-bond donors (Lipinski definition) is 3. The summed E-state index contributed by atoms with van der Waals surface area (Å²) < 4.78 is 0. The van der Waals surface area contributed by atoms with Gasteiger partial charge in [-0.25, -0.2) is 0 Å². The number of nitrogens with two attached hydrogens (primary N) is 1. The molecular weight excluding hydrogens is 460 g/mol. The lowest BCUT2D eigenvalue weighted by atomic mass is 10.1. The largest absolute Gasteiger partial charge is 0.481 e. The van der Waals surface area contributed by atoms with Crippen LogP contribution in [0.5, 0.6) is 0 Å². The third kappa shape index (κ3) is 11.0. The van der Waals surface area contributed by atoms with E-state index in [9.17, 15) is 19.2 Å². The van der Waals surface area contributed by atoms with Crippen LogP contribution < -0.4 is 11.1 Å². The van der Waals surface area contributed by atoms with Gasteiger partial charge in [0.1, 0.15) is 6.54 Å². The summed E-state index contributed by atoms with van der Waals surface area (Å²) in [7, 11) is 0. The minimum atomic E-state index is -1.08. The summed E-state index contributed by atoms with van der Waals surface area (Å²) in [6.07, 6.45) is 0.361. The summed E-state index contributed by atoms with van der Waals surface area (Å²) in [5.41, 5.74) is 7.07. The van der Waals surface area contributed by atoms with Gasteiger partial charge in [0.15, 0.2) is 0 Å². The topological polar surface area (TPSA) is 133 Å². The molecule has 2 rings (SSSR count). The summed E-state index contributed by atoms with van der Waals surface area (Å²) >= 11 is 0. The Balaban J connectivity index is 0.00000316. The molecule has 0 saturated carbocycles. The summed E-state index contributed by atoms with van der Waals surface area (Å²) in [5, 5.41) is 11.9. The molecule has 196 valence electrons. The first-order valence-corrected chi connectivity index (χ1v) is 12.1. The number of nitrogen functional groups attached to an aromatic ring is 1. The average molecular weight is 499 g/mol. The second-order valence-electron chi connectivity index (χ2n) is 8.40. The van der Waals surface area contributed by atoms with Crippen molar-refractivity contribution in [3.8, 4) is 0 Å². The fourth-order valence-electron chi connectivity index (χ4n) is 3.16. The van der Waals surface area contributed by atoms with Crippen LogP contribution >= 0.6 is 0 Å². The number of anilines is 2. The Morgan fingerprint density at radius 3 is 2.06 bits per heavy atom. The van der Waals surface area contributed by atoms with Crippen LogP contribution in [0.3, 0.4) is 0 Å². The highest BCUT2D eigenvalue weighted by atomic mass is 16.4. The molecule has 9 nitrogen and oxygen atoms in total. The fraction of sp³-hybridized carbons (Fsp3) is 0.407. The van der Waals surface area contributed by atoms with Crippen LogP contribution in [0.15, 0.2) is 54.6 Å². The number of para-hydroxylation sites is 1. The molecule has 0 saturated heterocycles. The molecule has 0 aliphatic carbocycles. The van der Waals surface area contributed by atoms with Gasteiger partial charge in [-0.05, 0) is 48.7 Å². The van der Waals surface area contributed by atoms with Gasteiger partial charge in [0.05, 0.1) is 13.0 Å². The third-order valence-electron chi connectivity index (χ3n) is 5.09. The molecule has 0 fully saturated rings. The second-order valence-corrected chi connectivity index (χ2v) is 8.40. The van der Waals surface area contributed by atoms with Crippen molar-refractivity contribution >= 4 is 35.1 Å². The highest BCUT2D eigenvalue weighted by Gasteiger charge is 2.24. The number of rotatable bonds is 12. The number of nitrogens with one attached hydrogen (secondary N) is 1. The smallest absolute Gasteiger partial charge is 0.305 e. The lowest BCUT2D eigenvalue weighted by Crippen LogP contribution is -2.46. The molecule has 3 amide bonds. The maximum Gasteiger partial charge on any atom is 0.305 e. The zero-order chi connectivity index (χ0) is 27.1. The first-order valence-electron chi connectivity index (χ1n) is 12.1. The number of carboxylic acid groups (broad SMARTS) is 1. The monoisotopic (exact) mass is 498 g/mol. The van der Waals surface area contributed by atoms with Gasteiger partial charge in [0.2, 0.25) is 11.8 Å². The fourth-order valence-corrected chi connectivity index (χ4v) is 3.16. The predicted octanol–water partition coefficient (Wildman–Crippen LogP) is 3.73. The zero-order valence-corrected chi connectivity index (χ0v) is 21.6. The molecule has 0 radical (unpaired) electrons. The Labute approximate surface area is 213 Å². The van der Waals surface area contributed by atoms with Crippen LogP contribution in [0, 0.1) is 5.92 Å². The van der Waals surface area contributed by atoms with Crippen LogP contribution in [-0.4, -0.2) is 64.8 Å². The molecule has 0 aliphatic heterocycles. The lowest BCUT2D eigenvalue weighted by molar-refractivity contribution is -0.138. The lowest BCUT2D eigenvalue weighted by Gasteiger charge is -2.28. The second kappa shape index (κ2) is 15.9. The van der Waals surface area contributed by atoms with Gasteiger partial charge in [-0.3, -0.25) is 19.2 Å². The normalized spacial score (nSPS) is 10.1. The maximum absolute atomic E-state index is 13.2. The van der Waals surface area contributed by atoms with E-state index in [-0.39, 0.29) is 32.0 Å². The standard InChI is InChI=1S/C25H32N4O5.C2H6/c1-18(2)12-14-28(16-22(30)27-21-6-4-3-5-7-21)23(31)17-29(15-13-24(32)33)25(34)19-8-10-20(26)11-9-19;1-2/h3-11,18H,12-17,26H2,1-2H3,(H,27,30)(H,32,33);1-2H3. The van der Waals surface area contributed by atoms with Crippen LogP contribution in [0.4, 0.5) is 11.4 Å². The minimum absolute atomic E-state index is 0.140. The summed E-state index contributed by atoms with van der Waals surface area (Å²) in [5.74, 6) is -2.05. The highest BCUT2D eigenvalue weighted by molar-refractivity contribution is 5.98. The molecule has 0 spiro atoms. The van der Waals surface area contributed by atoms with E-state index in [2.05, 4.69) is 5.32 Å². The van der Waals surface area contributed by atoms with E-state index in [1.807, 2.05) is 33.8 Å². The number of hydrogen-bond acceptors (Lipinski definition) is 5. The van der Waals surface area contributed by atoms with Crippen molar-refractivity contribution in [2.75, 3.05) is 37.2 Å². The van der Waals surface area contributed by atoms with Crippen molar-refractivity contribution in [3.05, 3.63) is 60.2 Å². The van der Waals surface area contributed by atoms with Crippen LogP contribution in [0.2, 0.25) is 0 Å². The Bertz CT molecular complexity index is 977. The molecule has 2 aromatic carbocycles. The van der Waals surface area contributed by atoms with E-state index in [0.717, 1.165) is 0 Å². The predicted molar refractivity (Wildman–Crippen MR) is 141 cm³/mol. The van der Waals surface area contributed by atoms with Gasteiger partial charge >= 0.3 is 5.97 Å². The van der Waals surface area contributed by atoms with E-state index >= 15 is 0 Å². The number of carbonyl (C=O) groups is 4. The zero-order valence-electron chi connectivity index (χ0n) is 21.6. The van der Waals surface area contributed by atoms with E-state index in [4.69, 9.17) is 10.8 Å². The maximum atomic E-state index is 13.2. The summed E-state index contributed by atoms with van der Waals surface area (Å²) in [6.45, 7) is 7.70. The number of carboxylic acids is 1. The SMILES string of the molecule is CC.CC(C)CCN(CC(=O)Nc1ccccc1)C(=O)CN(CCC(=O)O)C(=O)c1ccc(N)cc1. The number of amides is 3. The van der Waals surface area contributed by atoms with E-state index in [0.29, 0.717) is 35.8 Å². The van der Waals surface area contributed by atoms with Crippen molar-refractivity contribution < 1.29 is 24.3 Å². The molecule has 4 N–H and O–H groups in total. The molecule has 0 aliphatic rings. The molecule has 0 bridgehead atoms. The molecule has 0 heterocycles. The summed E-state index contributed by atoms with van der Waals surface area (Å²) in [4.78, 5) is 52.5. The van der Waals surface area contributed by atoms with Crippen molar-refractivity contribution in [1.29, 1.82) is 0 Å². The third-order valence-corrected chi connectivity index (χ3v) is 5.09. The Hall–Kier alpha value is -3.88. The van der Waals surface area contributed by atoms with E-state index in [1.54, 1.807) is 36.4 Å². The van der Waals surface area contributed by atoms with Gasteiger partial charge in [-0.15, -0.1) is 0 Å². The van der Waals surface area contributed by atoms with Crippen molar-refractivity contribution in [2.24, 2.45) is 5.92 Å². The van der Waals surface area contributed by atoms with Crippen LogP contribution in [-0.2, 0) is 14.4 Å². The van der Waals surface area contributed by atoms with Crippen molar-refractivity contribution in [2.45, 2.75) is 40.5 Å². The van der Waals surface area contributed by atoms with Crippen molar-refractivity contribution in [1.82, 2.24) is 9.80 Å². The highest BCUT2D eigenvalue weighted by Crippen LogP contribution is 2.11. The van der Waals surface area contributed by atoms with Gasteiger partial charge in [0.25, 0.3) is 5.91 Å². The Morgan fingerprint density at radius 1 is 0.889 bits per heavy atom. The van der Waals surface area contributed by atoms with E-state index < -0.39 is 17.8 Å². The van der Waals surface area contributed by atoms with Crippen molar-refractivity contribution in [3.63, 3.8) is 0 Å². The van der Waals surface area contributed by atoms with Gasteiger partial charge < -0.3 is 26.0 Å². The van der Waals surface area contributed by atoms with Gasteiger partial charge in [-0.1, -0.05) is 45.9 Å². The number of benzene rings is 2. The van der Waals surface area contributed by atoms with Gasteiger partial charge in [-0.2, -0.15) is 0 Å². The molecule has 0 atom stereocenters. The van der Waals surface area contributed by atoms with Gasteiger partial charge in [0, 0.05) is 30.0 Å². The average Bonchev–Trinajstić information content (AvgIpc) is 2.85. The first-order chi connectivity index (χ1) is 17.2. The van der Waals surface area contributed by atoms with Crippen LogP contribution in [0.25, 0.3) is 0 Å². The van der Waals surface area contributed by atoms with E-state index in [1.165, 1.54) is 21.9 Å². The molecule has 0 unspecified atom stereocenters. The Kier molecular flexibility index (Phi) is 13.3. The molecule has 2 aromatic rings. The number of carbonyl (C=O) groups excluding carboxylic acids is 3. The minimum Gasteiger partial charge on any atom is -0.481 e. The Morgan fingerprint density at radius 2 is 1.50 bits per heavy atom. The number of nitrogens with zero attached hydrogens (tertiary/aromatic N) is 2. The molecule has 9 heteroatoms. The molecular formula is C27H38N4O5. The molecule has 36 heavy (non-hydrogen) atoms. The summed E-state index contributed by atoms with van der Waals surface area (Å²) in [6, 6.07) is 15.1.